The van der Waals surface area contributed by atoms with Gasteiger partial charge < -0.3 is 5.73 Å². The standard InChI is InChI=1S/C13H21N3S/c1-8(2)17-11-6-4-10(5-7-11)13-12(14)9(3)15-16-13/h4-9,12-13,15-16H,14H2,1-3H3. The quantitative estimate of drug-likeness (QED) is 0.720. The smallest absolute Gasteiger partial charge is 0.0629 e. The van der Waals surface area contributed by atoms with Crippen molar-refractivity contribution in [3.05, 3.63) is 29.8 Å². The summed E-state index contributed by atoms with van der Waals surface area (Å²) in [7, 11) is 0. The summed E-state index contributed by atoms with van der Waals surface area (Å²) in [4.78, 5) is 1.32. The lowest BCUT2D eigenvalue weighted by Gasteiger charge is -2.17. The zero-order valence-corrected chi connectivity index (χ0v) is 11.4. The van der Waals surface area contributed by atoms with Crippen LogP contribution in [0.1, 0.15) is 32.4 Å². The highest BCUT2D eigenvalue weighted by Gasteiger charge is 2.30. The van der Waals surface area contributed by atoms with Gasteiger partial charge in [0, 0.05) is 22.2 Å². The average molecular weight is 251 g/mol. The maximum atomic E-state index is 6.14. The van der Waals surface area contributed by atoms with Gasteiger partial charge >= 0.3 is 0 Å². The molecule has 1 saturated heterocycles. The highest BCUT2D eigenvalue weighted by Crippen LogP contribution is 2.26. The largest absolute Gasteiger partial charge is 0.325 e. The molecule has 1 aromatic carbocycles. The minimum absolute atomic E-state index is 0.124. The van der Waals surface area contributed by atoms with E-state index >= 15 is 0 Å². The SMILES string of the molecule is CC(C)Sc1ccc(C2NNC(C)C2N)cc1. The van der Waals surface area contributed by atoms with Crippen molar-refractivity contribution in [3.8, 4) is 0 Å². The molecule has 1 aliphatic rings. The Balaban J connectivity index is 2.08. The van der Waals surface area contributed by atoms with Gasteiger partial charge in [-0.05, 0) is 24.6 Å². The predicted molar refractivity (Wildman–Crippen MR) is 73.9 cm³/mol. The first-order valence-electron chi connectivity index (χ1n) is 6.11. The molecule has 3 nitrogen and oxygen atoms in total. The summed E-state index contributed by atoms with van der Waals surface area (Å²) in [6.07, 6.45) is 0. The van der Waals surface area contributed by atoms with E-state index in [0.717, 1.165) is 0 Å². The highest BCUT2D eigenvalue weighted by atomic mass is 32.2. The van der Waals surface area contributed by atoms with Gasteiger partial charge in [0.1, 0.15) is 0 Å². The Bertz CT molecular complexity index is 363. The Labute approximate surface area is 108 Å². The molecule has 1 aliphatic heterocycles. The normalized spacial score (nSPS) is 28.9. The van der Waals surface area contributed by atoms with Crippen molar-refractivity contribution < 1.29 is 0 Å². The van der Waals surface area contributed by atoms with Gasteiger partial charge in [-0.15, -0.1) is 11.8 Å². The summed E-state index contributed by atoms with van der Waals surface area (Å²) < 4.78 is 0. The van der Waals surface area contributed by atoms with Crippen LogP contribution in [-0.2, 0) is 0 Å². The van der Waals surface area contributed by atoms with Crippen LogP contribution >= 0.6 is 11.8 Å². The Morgan fingerprint density at radius 3 is 2.29 bits per heavy atom. The second-order valence-electron chi connectivity index (χ2n) is 4.87. The second-order valence-corrected chi connectivity index (χ2v) is 6.52. The van der Waals surface area contributed by atoms with Crippen molar-refractivity contribution in [1.82, 2.24) is 10.9 Å². The van der Waals surface area contributed by atoms with E-state index in [1.165, 1.54) is 10.5 Å². The number of hydrogen-bond acceptors (Lipinski definition) is 4. The second kappa shape index (κ2) is 5.40. The van der Waals surface area contributed by atoms with Crippen LogP contribution in [0, 0.1) is 0 Å². The number of thioether (sulfide) groups is 1. The van der Waals surface area contributed by atoms with Gasteiger partial charge in [0.2, 0.25) is 0 Å². The third kappa shape index (κ3) is 3.01. The molecular formula is C13H21N3S. The van der Waals surface area contributed by atoms with Crippen LogP contribution in [0.5, 0.6) is 0 Å². The van der Waals surface area contributed by atoms with Crippen molar-refractivity contribution in [2.24, 2.45) is 5.73 Å². The molecule has 0 radical (unpaired) electrons. The molecule has 0 saturated carbocycles. The van der Waals surface area contributed by atoms with Crippen molar-refractivity contribution in [1.29, 1.82) is 0 Å². The molecule has 1 heterocycles. The molecule has 3 unspecified atom stereocenters. The van der Waals surface area contributed by atoms with Gasteiger partial charge in [0.25, 0.3) is 0 Å². The fourth-order valence-electron chi connectivity index (χ4n) is 2.03. The number of hydrazine groups is 1. The molecule has 3 atom stereocenters. The topological polar surface area (TPSA) is 50.1 Å². The minimum atomic E-state index is 0.124. The number of rotatable bonds is 3. The van der Waals surface area contributed by atoms with Crippen LogP contribution in [0.4, 0.5) is 0 Å². The molecule has 1 aromatic rings. The Kier molecular flexibility index (Phi) is 4.09. The van der Waals surface area contributed by atoms with Crippen molar-refractivity contribution in [2.75, 3.05) is 0 Å². The Morgan fingerprint density at radius 1 is 1.18 bits per heavy atom. The van der Waals surface area contributed by atoms with Crippen LogP contribution in [0.2, 0.25) is 0 Å². The predicted octanol–water partition coefficient (Wildman–Crippen LogP) is 2.05. The first kappa shape index (κ1) is 12.9. The summed E-state index contributed by atoms with van der Waals surface area (Å²) in [5, 5.41) is 0.620. The monoisotopic (exact) mass is 251 g/mol. The lowest BCUT2D eigenvalue weighted by atomic mass is 9.98. The molecule has 0 bridgehead atoms. The average Bonchev–Trinajstić information content (AvgIpc) is 2.60. The van der Waals surface area contributed by atoms with Crippen LogP contribution < -0.4 is 16.6 Å². The summed E-state index contributed by atoms with van der Waals surface area (Å²) in [5.41, 5.74) is 13.8. The molecule has 4 heteroatoms. The van der Waals surface area contributed by atoms with Gasteiger partial charge in [0.05, 0.1) is 6.04 Å². The maximum absolute atomic E-state index is 6.14. The number of hydrogen-bond donors (Lipinski definition) is 3. The van der Waals surface area contributed by atoms with Crippen molar-refractivity contribution in [2.45, 2.75) is 49.0 Å². The molecule has 0 aromatic heterocycles. The minimum Gasteiger partial charge on any atom is -0.325 e. The van der Waals surface area contributed by atoms with Gasteiger partial charge in [-0.1, -0.05) is 26.0 Å². The van der Waals surface area contributed by atoms with Crippen molar-refractivity contribution in [3.63, 3.8) is 0 Å². The molecule has 0 aliphatic carbocycles. The van der Waals surface area contributed by atoms with E-state index in [9.17, 15) is 0 Å². The van der Waals surface area contributed by atoms with Gasteiger partial charge in [-0.2, -0.15) is 0 Å². The molecule has 17 heavy (non-hydrogen) atoms. The third-order valence-electron chi connectivity index (χ3n) is 3.04. The molecule has 4 N–H and O–H groups in total. The first-order chi connectivity index (χ1) is 8.08. The fraction of sp³-hybridized carbons (Fsp3) is 0.538. The lowest BCUT2D eigenvalue weighted by Crippen LogP contribution is -2.35. The summed E-state index contributed by atoms with van der Waals surface area (Å²) in [5.74, 6) is 0. The number of nitrogens with two attached hydrogens (primary N) is 1. The Hall–Kier alpha value is -0.550. The zero-order valence-electron chi connectivity index (χ0n) is 10.6. The van der Waals surface area contributed by atoms with Crippen LogP contribution in [0.25, 0.3) is 0 Å². The third-order valence-corrected chi connectivity index (χ3v) is 4.06. The number of benzene rings is 1. The zero-order chi connectivity index (χ0) is 12.4. The van der Waals surface area contributed by atoms with Crippen LogP contribution in [0.15, 0.2) is 29.2 Å². The highest BCUT2D eigenvalue weighted by molar-refractivity contribution is 7.99. The molecule has 0 amide bonds. The van der Waals surface area contributed by atoms with Crippen molar-refractivity contribution >= 4 is 11.8 Å². The van der Waals surface area contributed by atoms with E-state index in [-0.39, 0.29) is 12.1 Å². The summed E-state index contributed by atoms with van der Waals surface area (Å²) in [6, 6.07) is 9.34. The van der Waals surface area contributed by atoms with Gasteiger partial charge in [0.15, 0.2) is 0 Å². The van der Waals surface area contributed by atoms with Gasteiger partial charge in [-0.25, -0.2) is 5.43 Å². The molecular weight excluding hydrogens is 230 g/mol. The van der Waals surface area contributed by atoms with E-state index < -0.39 is 0 Å². The first-order valence-corrected chi connectivity index (χ1v) is 6.99. The van der Waals surface area contributed by atoms with E-state index in [4.69, 9.17) is 5.73 Å². The fourth-order valence-corrected chi connectivity index (χ4v) is 2.87. The van der Waals surface area contributed by atoms with E-state index in [0.29, 0.717) is 11.3 Å². The molecule has 1 fully saturated rings. The summed E-state index contributed by atoms with van der Waals surface area (Å²) >= 11 is 1.88. The van der Waals surface area contributed by atoms with Crippen LogP contribution in [-0.4, -0.2) is 17.3 Å². The van der Waals surface area contributed by atoms with E-state index in [1.807, 2.05) is 11.8 Å². The molecule has 0 spiro atoms. The van der Waals surface area contributed by atoms with E-state index in [1.54, 1.807) is 0 Å². The van der Waals surface area contributed by atoms with Gasteiger partial charge in [-0.3, -0.25) is 5.43 Å². The molecule has 2 rings (SSSR count). The summed E-state index contributed by atoms with van der Waals surface area (Å²) in [6.45, 7) is 6.51. The molecule has 94 valence electrons. The van der Waals surface area contributed by atoms with E-state index in [2.05, 4.69) is 55.9 Å². The lowest BCUT2D eigenvalue weighted by molar-refractivity contribution is 0.550. The maximum Gasteiger partial charge on any atom is 0.0629 e. The Morgan fingerprint density at radius 2 is 1.82 bits per heavy atom. The number of nitrogens with one attached hydrogen (secondary N) is 2. The van der Waals surface area contributed by atoms with Crippen LogP contribution in [0.3, 0.4) is 0 Å².